The van der Waals surface area contributed by atoms with Gasteiger partial charge in [0.2, 0.25) is 0 Å². The van der Waals surface area contributed by atoms with E-state index in [0.717, 1.165) is 56.0 Å². The second-order valence-electron chi connectivity index (χ2n) is 8.61. The number of carbonyl (C=O) groups is 1. The zero-order valence-electron chi connectivity index (χ0n) is 18.8. The van der Waals surface area contributed by atoms with Crippen molar-refractivity contribution in [2.24, 2.45) is 0 Å². The van der Waals surface area contributed by atoms with Crippen LogP contribution in [-0.4, -0.2) is 58.6 Å². The van der Waals surface area contributed by atoms with Crippen LogP contribution in [0, 0.1) is 6.92 Å². The second-order valence-corrected chi connectivity index (χ2v) is 8.61. The van der Waals surface area contributed by atoms with Crippen LogP contribution in [0.25, 0.3) is 0 Å². The molecular weight excluding hydrogens is 394 g/mol. The minimum Gasteiger partial charge on any atom is -0.496 e. The van der Waals surface area contributed by atoms with Crippen molar-refractivity contribution in [2.45, 2.75) is 70.6 Å². The molecule has 2 heterocycles. The zero-order chi connectivity index (χ0) is 21.8. The highest BCUT2D eigenvalue weighted by atomic mass is 16.5. The maximum atomic E-state index is 12.1. The summed E-state index contributed by atoms with van der Waals surface area (Å²) in [4.78, 5) is 14.7. The van der Waals surface area contributed by atoms with Crippen LogP contribution in [0.15, 0.2) is 18.3 Å². The van der Waals surface area contributed by atoms with Gasteiger partial charge in [-0.2, -0.15) is 0 Å². The van der Waals surface area contributed by atoms with Gasteiger partial charge in [-0.05, 0) is 51.6 Å². The van der Waals surface area contributed by atoms with Crippen molar-refractivity contribution >= 4 is 5.91 Å². The van der Waals surface area contributed by atoms with Crippen LogP contribution in [0.2, 0.25) is 0 Å². The number of carbonyl (C=O) groups excluding carboxylic acids is 1. The molecule has 1 saturated heterocycles. The van der Waals surface area contributed by atoms with Gasteiger partial charge in [-0.25, -0.2) is 0 Å². The molecule has 2 fully saturated rings. The van der Waals surface area contributed by atoms with Crippen molar-refractivity contribution in [1.82, 2.24) is 25.2 Å². The number of piperidine rings is 1. The van der Waals surface area contributed by atoms with E-state index < -0.39 is 0 Å². The number of ether oxygens (including phenoxy) is 2. The van der Waals surface area contributed by atoms with Gasteiger partial charge in [0, 0.05) is 36.3 Å². The molecule has 1 aromatic heterocycles. The number of hydrogen-bond donors (Lipinski definition) is 1. The Labute approximate surface area is 183 Å². The second kappa shape index (κ2) is 9.68. The number of aryl methyl sites for hydroxylation is 1. The van der Waals surface area contributed by atoms with Gasteiger partial charge >= 0.3 is 0 Å². The Morgan fingerprint density at radius 3 is 2.77 bits per heavy atom. The lowest BCUT2D eigenvalue weighted by molar-refractivity contribution is 0.0946. The van der Waals surface area contributed by atoms with Gasteiger partial charge < -0.3 is 14.8 Å². The normalized spacial score (nSPS) is 19.3. The number of aromatic nitrogens is 3. The third kappa shape index (κ3) is 5.18. The lowest BCUT2D eigenvalue weighted by atomic mass is 9.98. The van der Waals surface area contributed by atoms with Crippen molar-refractivity contribution in [3.8, 4) is 11.5 Å². The summed E-state index contributed by atoms with van der Waals surface area (Å²) in [5.74, 6) is 1.64. The van der Waals surface area contributed by atoms with E-state index in [-0.39, 0.29) is 5.91 Å². The number of rotatable bonds is 9. The number of nitrogens with zero attached hydrogens (tertiary/aromatic N) is 4. The van der Waals surface area contributed by atoms with E-state index >= 15 is 0 Å². The molecule has 8 heteroatoms. The maximum absolute atomic E-state index is 12.1. The number of hydrogen-bond acceptors (Lipinski definition) is 6. The van der Waals surface area contributed by atoms with Crippen molar-refractivity contribution < 1.29 is 14.3 Å². The molecule has 1 atom stereocenters. The monoisotopic (exact) mass is 427 g/mol. The summed E-state index contributed by atoms with van der Waals surface area (Å²) in [5, 5.41) is 11.2. The van der Waals surface area contributed by atoms with E-state index in [1.165, 1.54) is 24.8 Å². The van der Waals surface area contributed by atoms with Crippen molar-refractivity contribution in [3.05, 3.63) is 35.2 Å². The summed E-state index contributed by atoms with van der Waals surface area (Å²) in [6, 6.07) is 4.93. The van der Waals surface area contributed by atoms with Gasteiger partial charge in [-0.3, -0.25) is 14.4 Å². The van der Waals surface area contributed by atoms with Crippen LogP contribution >= 0.6 is 0 Å². The largest absolute Gasteiger partial charge is 0.496 e. The standard InChI is InChI=1S/C23H33N5O3/c1-16-21(30-2)10-7-17(22(16)31-3)14-27-12-5-4-6-19(27)11-13-28-15-20(25-26-28)23(29)24-18-8-9-18/h7,10,15,18-19H,4-6,8-9,11-14H2,1-3H3,(H,24,29). The molecule has 0 radical (unpaired) electrons. The molecule has 1 amide bonds. The molecule has 0 spiro atoms. The SMILES string of the molecule is COc1ccc(CN2CCCCC2CCn2cc(C(=O)NC3CC3)nn2)c(OC)c1C. The molecule has 31 heavy (non-hydrogen) atoms. The van der Waals surface area contributed by atoms with Crippen molar-refractivity contribution in [3.63, 3.8) is 0 Å². The number of benzene rings is 1. The van der Waals surface area contributed by atoms with Crippen LogP contribution in [0.3, 0.4) is 0 Å². The first-order valence-electron chi connectivity index (χ1n) is 11.2. The summed E-state index contributed by atoms with van der Waals surface area (Å²) in [5.41, 5.74) is 2.63. The smallest absolute Gasteiger partial charge is 0.273 e. The first-order valence-corrected chi connectivity index (χ1v) is 11.2. The average molecular weight is 428 g/mol. The van der Waals surface area contributed by atoms with Crippen molar-refractivity contribution in [2.75, 3.05) is 20.8 Å². The molecular formula is C23H33N5O3. The molecule has 2 aliphatic rings. The Morgan fingerprint density at radius 2 is 2.03 bits per heavy atom. The van der Waals surface area contributed by atoms with Gasteiger partial charge in [0.15, 0.2) is 5.69 Å². The molecule has 1 saturated carbocycles. The van der Waals surface area contributed by atoms with Crippen LogP contribution < -0.4 is 14.8 Å². The van der Waals surface area contributed by atoms with E-state index in [2.05, 4.69) is 26.6 Å². The third-order valence-corrected chi connectivity index (χ3v) is 6.36. The number of nitrogens with one attached hydrogen (secondary N) is 1. The third-order valence-electron chi connectivity index (χ3n) is 6.36. The molecule has 1 aliphatic carbocycles. The van der Waals surface area contributed by atoms with E-state index in [0.29, 0.717) is 17.8 Å². The van der Waals surface area contributed by atoms with Crippen LogP contribution in [0.4, 0.5) is 0 Å². The highest BCUT2D eigenvalue weighted by Crippen LogP contribution is 2.33. The highest BCUT2D eigenvalue weighted by Gasteiger charge is 2.26. The van der Waals surface area contributed by atoms with Gasteiger partial charge in [0.1, 0.15) is 11.5 Å². The molecule has 1 N–H and O–H groups in total. The molecule has 4 rings (SSSR count). The molecule has 168 valence electrons. The Morgan fingerprint density at radius 1 is 1.19 bits per heavy atom. The van der Waals surface area contributed by atoms with Gasteiger partial charge in [0.05, 0.1) is 20.4 Å². The molecule has 1 aromatic carbocycles. The zero-order valence-corrected chi connectivity index (χ0v) is 18.8. The minimum absolute atomic E-state index is 0.116. The number of amides is 1. The van der Waals surface area contributed by atoms with E-state index in [4.69, 9.17) is 9.47 Å². The lowest BCUT2D eigenvalue weighted by Gasteiger charge is -2.36. The fourth-order valence-corrected chi connectivity index (χ4v) is 4.45. The topological polar surface area (TPSA) is 81.5 Å². The summed E-state index contributed by atoms with van der Waals surface area (Å²) in [6.07, 6.45) is 8.49. The molecule has 1 unspecified atom stereocenters. The Hall–Kier alpha value is -2.61. The quantitative estimate of drug-likeness (QED) is 0.663. The summed E-state index contributed by atoms with van der Waals surface area (Å²) < 4.78 is 13.0. The van der Waals surface area contributed by atoms with Gasteiger partial charge in [-0.1, -0.05) is 17.7 Å². The van der Waals surface area contributed by atoms with Crippen LogP contribution in [0.5, 0.6) is 11.5 Å². The van der Waals surface area contributed by atoms with E-state index in [9.17, 15) is 4.79 Å². The Balaban J connectivity index is 1.38. The average Bonchev–Trinajstić information content (AvgIpc) is 3.46. The fourth-order valence-electron chi connectivity index (χ4n) is 4.45. The van der Waals surface area contributed by atoms with Gasteiger partial charge in [0.25, 0.3) is 5.91 Å². The van der Waals surface area contributed by atoms with E-state index in [1.807, 2.05) is 13.0 Å². The van der Waals surface area contributed by atoms with Crippen LogP contribution in [0.1, 0.15) is 60.1 Å². The molecule has 0 bridgehead atoms. The molecule has 1 aliphatic heterocycles. The van der Waals surface area contributed by atoms with Crippen LogP contribution in [-0.2, 0) is 13.1 Å². The number of likely N-dealkylation sites (tertiary alicyclic amines) is 1. The first kappa shape index (κ1) is 21.6. The van der Waals surface area contributed by atoms with E-state index in [1.54, 1.807) is 25.1 Å². The number of methoxy groups -OCH3 is 2. The molecule has 8 nitrogen and oxygen atoms in total. The Bertz CT molecular complexity index is 909. The van der Waals surface area contributed by atoms with Crippen molar-refractivity contribution in [1.29, 1.82) is 0 Å². The minimum atomic E-state index is -0.116. The molecule has 2 aromatic rings. The predicted molar refractivity (Wildman–Crippen MR) is 117 cm³/mol. The predicted octanol–water partition coefficient (Wildman–Crippen LogP) is 2.94. The Kier molecular flexibility index (Phi) is 6.75. The summed E-state index contributed by atoms with van der Waals surface area (Å²) >= 11 is 0. The first-order chi connectivity index (χ1) is 15.1. The summed E-state index contributed by atoms with van der Waals surface area (Å²) in [7, 11) is 3.41. The summed E-state index contributed by atoms with van der Waals surface area (Å²) in [6.45, 7) is 4.72. The lowest BCUT2D eigenvalue weighted by Crippen LogP contribution is -2.39. The fraction of sp³-hybridized carbons (Fsp3) is 0.609. The maximum Gasteiger partial charge on any atom is 0.273 e. The van der Waals surface area contributed by atoms with Gasteiger partial charge in [-0.15, -0.1) is 5.10 Å². The highest BCUT2D eigenvalue weighted by molar-refractivity contribution is 5.92.